The second-order valence-electron chi connectivity index (χ2n) is 10.1. The quantitative estimate of drug-likeness (QED) is 0.755. The van der Waals surface area contributed by atoms with Gasteiger partial charge in [-0.25, -0.2) is 4.63 Å². The lowest BCUT2D eigenvalue weighted by Crippen LogP contribution is -2.57. The first-order valence-electron chi connectivity index (χ1n) is 9.98. The van der Waals surface area contributed by atoms with Crippen molar-refractivity contribution in [2.24, 2.45) is 34.5 Å². The summed E-state index contributed by atoms with van der Waals surface area (Å²) in [6, 6.07) is 0. The van der Waals surface area contributed by atoms with Gasteiger partial charge in [-0.15, -0.1) is 0 Å². The average molecular weight is 346 g/mol. The van der Waals surface area contributed by atoms with Gasteiger partial charge in [0.2, 0.25) is 0 Å². The van der Waals surface area contributed by atoms with Crippen LogP contribution in [0.4, 0.5) is 0 Å². The first-order chi connectivity index (χ1) is 11.8. The lowest BCUT2D eigenvalue weighted by molar-refractivity contribution is -0.156. The summed E-state index contributed by atoms with van der Waals surface area (Å²) in [6.07, 6.45) is 6.72. The molecule has 4 aliphatic carbocycles. The molecule has 5 nitrogen and oxygen atoms in total. The molecule has 0 amide bonds. The molecular weight excluding hydrogens is 316 g/mol. The third kappa shape index (κ3) is 1.86. The molecular formula is C20H30N2O3. The Balaban J connectivity index is 1.51. The van der Waals surface area contributed by atoms with Crippen LogP contribution >= 0.6 is 0 Å². The maximum Gasteiger partial charge on any atom is 0.108 e. The van der Waals surface area contributed by atoms with Crippen LogP contribution < -0.4 is 0 Å². The van der Waals surface area contributed by atoms with E-state index in [0.717, 1.165) is 43.5 Å². The minimum Gasteiger partial charge on any atom is -0.390 e. The van der Waals surface area contributed by atoms with Gasteiger partial charge in [0, 0.05) is 11.8 Å². The van der Waals surface area contributed by atoms with E-state index < -0.39 is 11.7 Å². The van der Waals surface area contributed by atoms with Crippen molar-refractivity contribution in [3.05, 3.63) is 11.4 Å². The summed E-state index contributed by atoms with van der Waals surface area (Å²) in [5.74, 6) is 2.33. The van der Waals surface area contributed by atoms with Crippen LogP contribution in [-0.4, -0.2) is 32.2 Å². The van der Waals surface area contributed by atoms with Crippen molar-refractivity contribution in [3.8, 4) is 0 Å². The van der Waals surface area contributed by atoms with Gasteiger partial charge in [0.25, 0.3) is 0 Å². The second-order valence-corrected chi connectivity index (χ2v) is 10.1. The molecule has 1 aromatic rings. The molecule has 0 bridgehead atoms. The number of aliphatic hydroxyl groups excluding tert-OH is 1. The number of aromatic nitrogens is 2. The van der Waals surface area contributed by atoms with Crippen LogP contribution in [0.3, 0.4) is 0 Å². The van der Waals surface area contributed by atoms with Gasteiger partial charge in [0.1, 0.15) is 11.4 Å². The molecule has 2 N–H and O–H groups in total. The van der Waals surface area contributed by atoms with Crippen LogP contribution in [0.25, 0.3) is 0 Å². The average Bonchev–Trinajstić information content (AvgIpc) is 3.07. The van der Waals surface area contributed by atoms with E-state index in [-0.39, 0.29) is 10.8 Å². The normalized spacial score (nSPS) is 54.4. The highest BCUT2D eigenvalue weighted by molar-refractivity contribution is 5.22. The Labute approximate surface area is 149 Å². The lowest BCUT2D eigenvalue weighted by Gasteiger charge is -2.60. The van der Waals surface area contributed by atoms with Crippen LogP contribution in [0, 0.1) is 34.5 Å². The number of hydrogen-bond acceptors (Lipinski definition) is 5. The third-order valence-electron chi connectivity index (χ3n) is 9.36. The molecule has 0 aliphatic heterocycles. The van der Waals surface area contributed by atoms with Crippen LogP contribution in [0.2, 0.25) is 0 Å². The predicted molar refractivity (Wildman–Crippen MR) is 91.6 cm³/mol. The van der Waals surface area contributed by atoms with Crippen LogP contribution in [0.5, 0.6) is 0 Å². The summed E-state index contributed by atoms with van der Waals surface area (Å²) in [6.45, 7) is 6.54. The molecule has 25 heavy (non-hydrogen) atoms. The van der Waals surface area contributed by atoms with E-state index in [9.17, 15) is 10.2 Å². The lowest BCUT2D eigenvalue weighted by atomic mass is 9.44. The van der Waals surface area contributed by atoms with Gasteiger partial charge in [0.15, 0.2) is 0 Å². The Morgan fingerprint density at radius 1 is 1.04 bits per heavy atom. The number of rotatable bonds is 0. The van der Waals surface area contributed by atoms with Crippen molar-refractivity contribution >= 4 is 0 Å². The molecule has 138 valence electrons. The Hall–Kier alpha value is -0.940. The van der Waals surface area contributed by atoms with E-state index in [1.807, 2.05) is 6.92 Å². The highest BCUT2D eigenvalue weighted by atomic mass is 16.6. The van der Waals surface area contributed by atoms with E-state index in [4.69, 9.17) is 4.63 Å². The van der Waals surface area contributed by atoms with Crippen molar-refractivity contribution < 1.29 is 14.8 Å². The van der Waals surface area contributed by atoms with E-state index in [1.54, 1.807) is 0 Å². The van der Waals surface area contributed by atoms with Gasteiger partial charge in [-0.05, 0) is 74.5 Å². The second kappa shape index (κ2) is 4.86. The minimum atomic E-state index is -0.962. The fourth-order valence-corrected chi connectivity index (χ4v) is 7.49. The van der Waals surface area contributed by atoms with Crippen molar-refractivity contribution in [3.63, 3.8) is 0 Å². The van der Waals surface area contributed by atoms with Gasteiger partial charge in [-0.1, -0.05) is 24.2 Å². The largest absolute Gasteiger partial charge is 0.390 e. The standard InChI is InChI=1S/C20H30N2O3/c1-18-10-16-15(21-25-22-16)8-11(18)4-5-12-13(18)6-7-19(2)14(12)9-17(23)20(19,3)24/h11-14,17,23-24H,4-10H2,1-3H3/t11-,12+,13-,14-,17-,18-,19-,20-/m0/s1. The van der Waals surface area contributed by atoms with Crippen molar-refractivity contribution in [1.29, 1.82) is 0 Å². The zero-order valence-corrected chi connectivity index (χ0v) is 15.5. The van der Waals surface area contributed by atoms with E-state index >= 15 is 0 Å². The van der Waals surface area contributed by atoms with Gasteiger partial charge in [-0.2, -0.15) is 0 Å². The van der Waals surface area contributed by atoms with Crippen molar-refractivity contribution in [2.75, 3.05) is 0 Å². The molecule has 8 atom stereocenters. The Bertz CT molecular complexity index is 701. The summed E-state index contributed by atoms with van der Waals surface area (Å²) in [5, 5.41) is 29.9. The molecule has 1 heterocycles. The molecule has 0 unspecified atom stereocenters. The number of fused-ring (bicyclic) bond motifs is 6. The monoisotopic (exact) mass is 346 g/mol. The highest BCUT2D eigenvalue weighted by Gasteiger charge is 2.66. The first kappa shape index (κ1) is 16.2. The van der Waals surface area contributed by atoms with Crippen molar-refractivity contribution in [2.45, 2.75) is 77.4 Å². The van der Waals surface area contributed by atoms with E-state index in [2.05, 4.69) is 24.2 Å². The molecule has 4 aliphatic rings. The predicted octanol–water partition coefficient (Wildman–Crippen LogP) is 2.75. The minimum absolute atomic E-state index is 0.161. The van der Waals surface area contributed by atoms with Gasteiger partial charge in [-0.3, -0.25) is 0 Å². The van der Waals surface area contributed by atoms with Crippen molar-refractivity contribution in [1.82, 2.24) is 10.3 Å². The summed E-state index contributed by atoms with van der Waals surface area (Å²) in [5.41, 5.74) is 1.25. The molecule has 0 spiro atoms. The van der Waals surface area contributed by atoms with Crippen LogP contribution in [0.1, 0.15) is 64.3 Å². The fraction of sp³-hybridized carbons (Fsp3) is 0.900. The number of nitrogens with zero attached hydrogens (tertiary/aromatic N) is 2. The maximum atomic E-state index is 11.0. The molecule has 3 fully saturated rings. The zero-order chi connectivity index (χ0) is 17.6. The molecule has 0 saturated heterocycles. The van der Waals surface area contributed by atoms with Crippen LogP contribution in [-0.2, 0) is 12.8 Å². The Kier molecular flexibility index (Phi) is 3.16. The molecule has 3 saturated carbocycles. The van der Waals surface area contributed by atoms with E-state index in [0.29, 0.717) is 23.7 Å². The third-order valence-corrected chi connectivity index (χ3v) is 9.36. The summed E-state index contributed by atoms with van der Waals surface area (Å²) < 4.78 is 5.02. The van der Waals surface area contributed by atoms with Gasteiger partial charge < -0.3 is 10.2 Å². The highest BCUT2D eigenvalue weighted by Crippen LogP contribution is 2.67. The first-order valence-corrected chi connectivity index (χ1v) is 9.98. The van der Waals surface area contributed by atoms with Gasteiger partial charge >= 0.3 is 0 Å². The molecule has 0 radical (unpaired) electrons. The summed E-state index contributed by atoms with van der Waals surface area (Å²) in [7, 11) is 0. The SMILES string of the molecule is C[C@]12Cc3nonc3C[C@@H]1CC[C@@H]1[C@@H]2CC[C@@]2(C)[C@H]1C[C@H](O)[C@]2(C)O. The van der Waals surface area contributed by atoms with Crippen LogP contribution in [0.15, 0.2) is 4.63 Å². The summed E-state index contributed by atoms with van der Waals surface area (Å²) in [4.78, 5) is 0. The van der Waals surface area contributed by atoms with E-state index in [1.165, 1.54) is 12.8 Å². The summed E-state index contributed by atoms with van der Waals surface area (Å²) >= 11 is 0. The molecule has 5 heteroatoms. The zero-order valence-electron chi connectivity index (χ0n) is 15.5. The Morgan fingerprint density at radius 2 is 1.80 bits per heavy atom. The molecule has 5 rings (SSSR count). The fourth-order valence-electron chi connectivity index (χ4n) is 7.49. The van der Waals surface area contributed by atoms with Gasteiger partial charge in [0.05, 0.1) is 11.7 Å². The smallest absolute Gasteiger partial charge is 0.108 e. The number of aliphatic hydroxyl groups is 2. The number of hydrogen-bond donors (Lipinski definition) is 2. The molecule has 1 aromatic heterocycles. The molecule has 0 aromatic carbocycles. The maximum absolute atomic E-state index is 11.0. The Morgan fingerprint density at radius 3 is 2.60 bits per heavy atom. The topological polar surface area (TPSA) is 79.4 Å².